The van der Waals surface area contributed by atoms with Gasteiger partial charge < -0.3 is 5.32 Å². The summed E-state index contributed by atoms with van der Waals surface area (Å²) in [6.45, 7) is 4.83. The fourth-order valence-corrected chi connectivity index (χ4v) is 4.04. The second-order valence-electron chi connectivity index (χ2n) is 7.46. The number of hydrogen-bond acceptors (Lipinski definition) is 5. The first-order valence-corrected chi connectivity index (χ1v) is 10.0. The van der Waals surface area contributed by atoms with Crippen LogP contribution in [0.5, 0.6) is 0 Å². The Balaban J connectivity index is 1.38. The first-order valence-electron chi connectivity index (χ1n) is 10.0. The van der Waals surface area contributed by atoms with Gasteiger partial charge in [-0.15, -0.1) is 0 Å². The molecule has 0 saturated carbocycles. The minimum atomic E-state index is 0.845. The van der Waals surface area contributed by atoms with Crippen molar-refractivity contribution in [3.63, 3.8) is 0 Å². The number of anilines is 2. The molecule has 3 heterocycles. The molecular weight excluding hydrogens is 358 g/mol. The highest BCUT2D eigenvalue weighted by atomic mass is 15.2. The van der Waals surface area contributed by atoms with Crippen molar-refractivity contribution in [2.45, 2.75) is 33.0 Å². The monoisotopic (exact) mass is 381 g/mol. The average Bonchev–Trinajstić information content (AvgIpc) is 3.18. The van der Waals surface area contributed by atoms with Crippen LogP contribution in [0.1, 0.15) is 29.3 Å². The highest BCUT2D eigenvalue weighted by Crippen LogP contribution is 2.30. The molecule has 4 aromatic rings. The van der Waals surface area contributed by atoms with Gasteiger partial charge in [0.25, 0.3) is 0 Å². The molecular formula is C24H23N5. The van der Waals surface area contributed by atoms with E-state index in [0.29, 0.717) is 0 Å². The highest BCUT2D eigenvalue weighted by Gasteiger charge is 2.24. The molecule has 0 unspecified atom stereocenters. The molecule has 0 atom stereocenters. The molecule has 1 N–H and O–H groups in total. The van der Waals surface area contributed by atoms with E-state index in [1.54, 1.807) is 6.33 Å². The Hall–Kier alpha value is -3.31. The van der Waals surface area contributed by atoms with Crippen molar-refractivity contribution in [1.82, 2.24) is 19.9 Å². The van der Waals surface area contributed by atoms with Crippen LogP contribution in [0.25, 0.3) is 10.9 Å². The number of pyridine rings is 1. The Kier molecular flexibility index (Phi) is 4.66. The standard InChI is InChI=1S/C24H23N5/c1-2-17-7-3-4-9-19(17)13-29-14-21-23(15-29)26-16-27-24(21)28-20-11-18-8-5-6-10-22(18)25-12-20/h3-12,16H,2,13-15H2,1H3,(H,26,27,28). The zero-order valence-corrected chi connectivity index (χ0v) is 16.5. The number of rotatable bonds is 5. The maximum atomic E-state index is 4.54. The Morgan fingerprint density at radius 2 is 1.76 bits per heavy atom. The zero-order chi connectivity index (χ0) is 19.6. The first kappa shape index (κ1) is 17.8. The number of aromatic nitrogens is 3. The van der Waals surface area contributed by atoms with E-state index in [4.69, 9.17) is 0 Å². The van der Waals surface area contributed by atoms with Gasteiger partial charge in [0.2, 0.25) is 0 Å². The van der Waals surface area contributed by atoms with Crippen molar-refractivity contribution in [3.8, 4) is 0 Å². The van der Waals surface area contributed by atoms with Gasteiger partial charge in [0, 0.05) is 30.6 Å². The molecule has 2 aromatic carbocycles. The molecule has 5 heteroatoms. The molecule has 5 nitrogen and oxygen atoms in total. The number of fused-ring (bicyclic) bond motifs is 2. The molecule has 144 valence electrons. The molecule has 0 bridgehead atoms. The second kappa shape index (κ2) is 7.60. The van der Waals surface area contributed by atoms with Crippen LogP contribution in [-0.2, 0) is 26.1 Å². The van der Waals surface area contributed by atoms with Crippen LogP contribution < -0.4 is 5.32 Å². The van der Waals surface area contributed by atoms with Crippen molar-refractivity contribution in [3.05, 3.63) is 89.5 Å². The lowest BCUT2D eigenvalue weighted by Gasteiger charge is -2.17. The van der Waals surface area contributed by atoms with Gasteiger partial charge in [0.05, 0.1) is 23.1 Å². The highest BCUT2D eigenvalue weighted by molar-refractivity contribution is 5.82. The molecule has 2 aromatic heterocycles. The van der Waals surface area contributed by atoms with Gasteiger partial charge in [-0.2, -0.15) is 0 Å². The van der Waals surface area contributed by atoms with Crippen LogP contribution in [0.3, 0.4) is 0 Å². The summed E-state index contributed by atoms with van der Waals surface area (Å²) in [5.74, 6) is 0.873. The zero-order valence-electron chi connectivity index (χ0n) is 16.5. The summed E-state index contributed by atoms with van der Waals surface area (Å²) in [6, 6.07) is 18.9. The fraction of sp³-hybridized carbons (Fsp3) is 0.208. The van der Waals surface area contributed by atoms with Crippen molar-refractivity contribution < 1.29 is 0 Å². The molecule has 0 spiro atoms. The van der Waals surface area contributed by atoms with Gasteiger partial charge in [-0.1, -0.05) is 49.4 Å². The van der Waals surface area contributed by atoms with Crippen LogP contribution in [-0.4, -0.2) is 19.9 Å². The quantitative estimate of drug-likeness (QED) is 0.536. The van der Waals surface area contributed by atoms with Gasteiger partial charge in [0.15, 0.2) is 0 Å². The predicted octanol–water partition coefficient (Wildman–Crippen LogP) is 4.85. The first-order chi connectivity index (χ1) is 14.3. The third-order valence-electron chi connectivity index (χ3n) is 5.54. The van der Waals surface area contributed by atoms with E-state index in [0.717, 1.165) is 54.2 Å². The summed E-state index contributed by atoms with van der Waals surface area (Å²) in [5, 5.41) is 4.58. The lowest BCUT2D eigenvalue weighted by atomic mass is 10.1. The normalized spacial score (nSPS) is 13.6. The van der Waals surface area contributed by atoms with Crippen molar-refractivity contribution in [1.29, 1.82) is 0 Å². The lowest BCUT2D eigenvalue weighted by Crippen LogP contribution is -2.17. The number of nitrogens with zero attached hydrogens (tertiary/aromatic N) is 4. The van der Waals surface area contributed by atoms with E-state index in [-0.39, 0.29) is 0 Å². The van der Waals surface area contributed by atoms with Crippen LogP contribution in [0, 0.1) is 0 Å². The van der Waals surface area contributed by atoms with E-state index in [1.807, 2.05) is 24.4 Å². The smallest absolute Gasteiger partial charge is 0.138 e. The Morgan fingerprint density at radius 3 is 2.66 bits per heavy atom. The van der Waals surface area contributed by atoms with Gasteiger partial charge in [-0.25, -0.2) is 9.97 Å². The van der Waals surface area contributed by atoms with Crippen LogP contribution in [0.2, 0.25) is 0 Å². The molecule has 0 amide bonds. The van der Waals surface area contributed by atoms with Crippen LogP contribution in [0.15, 0.2) is 67.1 Å². The van der Waals surface area contributed by atoms with Gasteiger partial charge in [-0.05, 0) is 29.7 Å². The average molecular weight is 381 g/mol. The third-order valence-corrected chi connectivity index (χ3v) is 5.54. The predicted molar refractivity (Wildman–Crippen MR) is 116 cm³/mol. The molecule has 5 rings (SSSR count). The number of benzene rings is 2. The van der Waals surface area contributed by atoms with E-state index < -0.39 is 0 Å². The Morgan fingerprint density at radius 1 is 0.931 bits per heavy atom. The van der Waals surface area contributed by atoms with Gasteiger partial charge in [-0.3, -0.25) is 9.88 Å². The van der Waals surface area contributed by atoms with Crippen molar-refractivity contribution >= 4 is 22.4 Å². The number of hydrogen-bond donors (Lipinski definition) is 1. The largest absolute Gasteiger partial charge is 0.339 e. The Bertz CT molecular complexity index is 1170. The van der Waals surface area contributed by atoms with Crippen molar-refractivity contribution in [2.24, 2.45) is 0 Å². The lowest BCUT2D eigenvalue weighted by molar-refractivity contribution is 0.273. The molecule has 1 aliphatic rings. The third kappa shape index (κ3) is 3.57. The molecule has 29 heavy (non-hydrogen) atoms. The van der Waals surface area contributed by atoms with E-state index in [2.05, 4.69) is 68.5 Å². The SMILES string of the molecule is CCc1ccccc1CN1Cc2ncnc(Nc3cnc4ccccc4c3)c2C1. The fourth-order valence-electron chi connectivity index (χ4n) is 4.04. The van der Waals surface area contributed by atoms with E-state index in [9.17, 15) is 0 Å². The second-order valence-corrected chi connectivity index (χ2v) is 7.46. The number of aryl methyl sites for hydroxylation is 1. The number of nitrogens with one attached hydrogen (secondary N) is 1. The summed E-state index contributed by atoms with van der Waals surface area (Å²) in [4.78, 5) is 16.0. The Labute approximate surface area is 170 Å². The summed E-state index contributed by atoms with van der Waals surface area (Å²) in [7, 11) is 0. The van der Waals surface area contributed by atoms with E-state index in [1.165, 1.54) is 16.7 Å². The summed E-state index contributed by atoms with van der Waals surface area (Å²) >= 11 is 0. The van der Waals surface area contributed by atoms with E-state index >= 15 is 0 Å². The topological polar surface area (TPSA) is 53.9 Å². The summed E-state index contributed by atoms with van der Waals surface area (Å²) < 4.78 is 0. The molecule has 1 aliphatic heterocycles. The molecule has 0 aliphatic carbocycles. The van der Waals surface area contributed by atoms with Crippen LogP contribution >= 0.6 is 0 Å². The summed E-state index contributed by atoms with van der Waals surface area (Å²) in [6.07, 6.45) is 4.57. The maximum Gasteiger partial charge on any atom is 0.138 e. The maximum absolute atomic E-state index is 4.54. The number of para-hydroxylation sites is 1. The summed E-state index contributed by atoms with van der Waals surface area (Å²) in [5.41, 5.74) is 7.02. The van der Waals surface area contributed by atoms with Crippen molar-refractivity contribution in [2.75, 3.05) is 5.32 Å². The van der Waals surface area contributed by atoms with Gasteiger partial charge >= 0.3 is 0 Å². The molecule has 0 fully saturated rings. The van der Waals surface area contributed by atoms with Crippen LogP contribution in [0.4, 0.5) is 11.5 Å². The molecule has 0 saturated heterocycles. The van der Waals surface area contributed by atoms with Gasteiger partial charge in [0.1, 0.15) is 12.1 Å². The minimum Gasteiger partial charge on any atom is -0.339 e. The minimum absolute atomic E-state index is 0.845. The molecule has 0 radical (unpaired) electrons.